The Hall–Kier alpha value is -0.120. The summed E-state index contributed by atoms with van der Waals surface area (Å²) < 4.78 is 5.90. The molecule has 96 valence electrons. The summed E-state index contributed by atoms with van der Waals surface area (Å²) in [5.74, 6) is 0. The van der Waals surface area contributed by atoms with Crippen molar-refractivity contribution >= 4 is 0 Å². The molecule has 0 spiro atoms. The average molecular weight is 229 g/mol. The second-order valence-electron chi connectivity index (χ2n) is 5.92. The highest BCUT2D eigenvalue weighted by Crippen LogP contribution is 2.33. The molecule has 0 aliphatic carbocycles. The van der Waals surface area contributed by atoms with Crippen molar-refractivity contribution in [3.63, 3.8) is 0 Å². The van der Waals surface area contributed by atoms with Crippen LogP contribution in [0.25, 0.3) is 0 Å². The van der Waals surface area contributed by atoms with Crippen LogP contribution < -0.4 is 5.32 Å². The van der Waals surface area contributed by atoms with Crippen molar-refractivity contribution in [3.8, 4) is 0 Å². The van der Waals surface area contributed by atoms with Gasteiger partial charge in [-0.25, -0.2) is 0 Å². The molecule has 1 aliphatic heterocycles. The molecule has 1 heterocycles. The van der Waals surface area contributed by atoms with Crippen molar-refractivity contribution in [3.05, 3.63) is 0 Å². The predicted molar refractivity (Wildman–Crippen MR) is 66.6 cm³/mol. The van der Waals surface area contributed by atoms with Gasteiger partial charge in [0.1, 0.15) is 0 Å². The number of nitrogens with one attached hydrogen (secondary N) is 1. The lowest BCUT2D eigenvalue weighted by atomic mass is 9.96. The van der Waals surface area contributed by atoms with Gasteiger partial charge >= 0.3 is 0 Å². The van der Waals surface area contributed by atoms with E-state index >= 15 is 0 Å². The summed E-state index contributed by atoms with van der Waals surface area (Å²) >= 11 is 0. The van der Waals surface area contributed by atoms with Crippen LogP contribution >= 0.6 is 0 Å². The van der Waals surface area contributed by atoms with Crippen LogP contribution in [0.5, 0.6) is 0 Å². The van der Waals surface area contributed by atoms with Gasteiger partial charge in [-0.15, -0.1) is 0 Å². The summed E-state index contributed by atoms with van der Waals surface area (Å²) in [4.78, 5) is 0. The van der Waals surface area contributed by atoms with E-state index in [-0.39, 0.29) is 11.7 Å². The van der Waals surface area contributed by atoms with Gasteiger partial charge in [-0.3, -0.25) is 0 Å². The lowest BCUT2D eigenvalue weighted by Gasteiger charge is -2.28. The molecule has 0 amide bonds. The first-order chi connectivity index (χ1) is 7.35. The van der Waals surface area contributed by atoms with Crippen LogP contribution in [0.4, 0.5) is 0 Å². The number of ether oxygens (including phenoxy) is 1. The Morgan fingerprint density at radius 3 is 2.69 bits per heavy atom. The van der Waals surface area contributed by atoms with Crippen molar-refractivity contribution in [2.75, 3.05) is 13.1 Å². The van der Waals surface area contributed by atoms with Crippen molar-refractivity contribution in [1.29, 1.82) is 0 Å². The molecule has 0 bridgehead atoms. The van der Waals surface area contributed by atoms with E-state index in [0.717, 1.165) is 32.2 Å². The first-order valence-corrected chi connectivity index (χ1v) is 6.45. The second-order valence-corrected chi connectivity index (χ2v) is 5.92. The molecule has 3 heteroatoms. The van der Waals surface area contributed by atoms with Crippen LogP contribution in [0.15, 0.2) is 0 Å². The Kier molecular flexibility index (Phi) is 4.77. The van der Waals surface area contributed by atoms with Gasteiger partial charge < -0.3 is 15.2 Å². The van der Waals surface area contributed by atoms with Crippen molar-refractivity contribution < 1.29 is 9.84 Å². The number of hydrogen-bond acceptors (Lipinski definition) is 3. The number of aliphatic hydroxyl groups is 1. The van der Waals surface area contributed by atoms with E-state index in [9.17, 15) is 5.11 Å². The molecule has 2 atom stereocenters. The highest BCUT2D eigenvalue weighted by atomic mass is 16.5. The maximum absolute atomic E-state index is 10.2. The summed E-state index contributed by atoms with van der Waals surface area (Å²) in [5, 5.41) is 13.5. The molecule has 2 N–H and O–H groups in total. The third kappa shape index (κ3) is 4.81. The molecule has 0 saturated carbocycles. The summed E-state index contributed by atoms with van der Waals surface area (Å²) in [6.07, 6.45) is 4.21. The van der Waals surface area contributed by atoms with Crippen LogP contribution in [0.3, 0.4) is 0 Å². The SMILES string of the molecule is CCCNCC(C)(O)CC1CCC(C)(C)O1. The molecule has 0 aromatic heterocycles. The average Bonchev–Trinajstić information content (AvgIpc) is 2.44. The van der Waals surface area contributed by atoms with Gasteiger partial charge in [-0.1, -0.05) is 6.92 Å². The summed E-state index contributed by atoms with van der Waals surface area (Å²) in [7, 11) is 0. The predicted octanol–water partition coefficient (Wildman–Crippen LogP) is 2.08. The molecule has 1 aliphatic rings. The molecule has 16 heavy (non-hydrogen) atoms. The minimum Gasteiger partial charge on any atom is -0.389 e. The molecule has 2 unspecified atom stereocenters. The van der Waals surface area contributed by atoms with Gasteiger partial charge in [0.25, 0.3) is 0 Å². The maximum Gasteiger partial charge on any atom is 0.0768 e. The van der Waals surface area contributed by atoms with E-state index in [1.165, 1.54) is 0 Å². The fourth-order valence-corrected chi connectivity index (χ4v) is 2.32. The molecule has 0 aromatic carbocycles. The van der Waals surface area contributed by atoms with Crippen LogP contribution in [0, 0.1) is 0 Å². The van der Waals surface area contributed by atoms with Crippen LogP contribution in [-0.4, -0.2) is 35.5 Å². The Morgan fingerprint density at radius 1 is 1.50 bits per heavy atom. The van der Waals surface area contributed by atoms with E-state index in [0.29, 0.717) is 6.54 Å². The lowest BCUT2D eigenvalue weighted by molar-refractivity contribution is -0.0574. The molecule has 1 rings (SSSR count). The molecule has 3 nitrogen and oxygen atoms in total. The lowest BCUT2D eigenvalue weighted by Crippen LogP contribution is -2.41. The van der Waals surface area contributed by atoms with Gasteiger partial charge in [0.2, 0.25) is 0 Å². The second kappa shape index (κ2) is 5.48. The van der Waals surface area contributed by atoms with Crippen molar-refractivity contribution in [1.82, 2.24) is 5.32 Å². The topological polar surface area (TPSA) is 41.5 Å². The van der Waals surface area contributed by atoms with Crippen molar-refractivity contribution in [2.45, 2.75) is 70.7 Å². The normalized spacial score (nSPS) is 27.9. The fraction of sp³-hybridized carbons (Fsp3) is 1.00. The molecular weight excluding hydrogens is 202 g/mol. The summed E-state index contributed by atoms with van der Waals surface area (Å²) in [6.45, 7) is 9.89. The smallest absolute Gasteiger partial charge is 0.0768 e. The zero-order chi connectivity index (χ0) is 12.2. The summed E-state index contributed by atoms with van der Waals surface area (Å²) in [6, 6.07) is 0. The maximum atomic E-state index is 10.2. The minimum atomic E-state index is -0.653. The van der Waals surface area contributed by atoms with E-state index in [1.54, 1.807) is 0 Å². The third-order valence-corrected chi connectivity index (χ3v) is 3.15. The van der Waals surface area contributed by atoms with E-state index in [4.69, 9.17) is 4.74 Å². The molecule has 1 saturated heterocycles. The van der Waals surface area contributed by atoms with Gasteiger partial charge in [0, 0.05) is 13.0 Å². The minimum absolute atomic E-state index is 0.00239. The van der Waals surface area contributed by atoms with Crippen LogP contribution in [0.2, 0.25) is 0 Å². The van der Waals surface area contributed by atoms with E-state index in [1.807, 2.05) is 6.92 Å². The first-order valence-electron chi connectivity index (χ1n) is 6.45. The van der Waals surface area contributed by atoms with Gasteiger partial charge in [-0.2, -0.15) is 0 Å². The quantitative estimate of drug-likeness (QED) is 0.685. The standard InChI is InChI=1S/C13H27NO2/c1-5-8-14-10-13(4,15)9-11-6-7-12(2,3)16-11/h11,14-15H,5-10H2,1-4H3. The number of rotatable bonds is 6. The highest BCUT2D eigenvalue weighted by molar-refractivity contribution is 4.87. The van der Waals surface area contributed by atoms with Crippen LogP contribution in [-0.2, 0) is 4.74 Å². The third-order valence-electron chi connectivity index (χ3n) is 3.15. The molecule has 0 aromatic rings. The van der Waals surface area contributed by atoms with Gasteiger partial charge in [-0.05, 0) is 46.6 Å². The van der Waals surface area contributed by atoms with Gasteiger partial charge in [0.05, 0.1) is 17.3 Å². The number of hydrogen-bond donors (Lipinski definition) is 2. The zero-order valence-corrected chi connectivity index (χ0v) is 11.2. The highest BCUT2D eigenvalue weighted by Gasteiger charge is 2.35. The molecule has 1 fully saturated rings. The Labute approximate surface area is 99.6 Å². The zero-order valence-electron chi connectivity index (χ0n) is 11.2. The Balaban J connectivity index is 2.29. The largest absolute Gasteiger partial charge is 0.389 e. The summed E-state index contributed by atoms with van der Waals surface area (Å²) in [5.41, 5.74) is -0.655. The molecular formula is C13H27NO2. The van der Waals surface area contributed by atoms with E-state index < -0.39 is 5.60 Å². The first kappa shape index (κ1) is 13.9. The Bertz CT molecular complexity index is 214. The van der Waals surface area contributed by atoms with E-state index in [2.05, 4.69) is 26.1 Å². The van der Waals surface area contributed by atoms with Crippen molar-refractivity contribution in [2.24, 2.45) is 0 Å². The van der Waals surface area contributed by atoms with Crippen LogP contribution in [0.1, 0.15) is 53.4 Å². The van der Waals surface area contributed by atoms with Gasteiger partial charge in [0.15, 0.2) is 0 Å². The monoisotopic (exact) mass is 229 g/mol. The fourth-order valence-electron chi connectivity index (χ4n) is 2.32. The Morgan fingerprint density at radius 2 is 2.19 bits per heavy atom. The molecule has 0 radical (unpaired) electrons.